The van der Waals surface area contributed by atoms with E-state index in [-0.39, 0.29) is 17.9 Å². The van der Waals surface area contributed by atoms with Crippen molar-refractivity contribution in [3.63, 3.8) is 0 Å². The second-order valence-corrected chi connectivity index (χ2v) is 7.72. The summed E-state index contributed by atoms with van der Waals surface area (Å²) in [7, 11) is 1.79. The van der Waals surface area contributed by atoms with Gasteiger partial charge in [0.2, 0.25) is 5.91 Å². The smallest absolute Gasteiger partial charge is 0.225 e. The van der Waals surface area contributed by atoms with E-state index in [0.717, 1.165) is 51.8 Å². The molecule has 2 aliphatic rings. The fourth-order valence-electron chi connectivity index (χ4n) is 3.78. The molecule has 2 aliphatic heterocycles. The lowest BCUT2D eigenvalue weighted by Gasteiger charge is -2.30. The first-order valence-corrected chi connectivity index (χ1v) is 10.2. The first-order valence-electron chi connectivity index (χ1n) is 10.2. The van der Waals surface area contributed by atoms with Crippen molar-refractivity contribution in [2.24, 2.45) is 10.9 Å². The summed E-state index contributed by atoms with van der Waals surface area (Å²) in [5, 5.41) is 6.91. The van der Waals surface area contributed by atoms with Gasteiger partial charge in [-0.05, 0) is 18.1 Å². The van der Waals surface area contributed by atoms with Crippen molar-refractivity contribution in [1.29, 1.82) is 0 Å². The highest BCUT2D eigenvalue weighted by atomic mass is 16.5. The zero-order valence-corrected chi connectivity index (χ0v) is 17.3. The Morgan fingerprint density at radius 2 is 2.00 bits per heavy atom. The number of para-hydroxylation sites is 1. The molecule has 0 aliphatic carbocycles. The van der Waals surface area contributed by atoms with Gasteiger partial charge in [-0.3, -0.25) is 9.79 Å². The zero-order valence-electron chi connectivity index (χ0n) is 17.3. The summed E-state index contributed by atoms with van der Waals surface area (Å²) in [6, 6.07) is 8.72. The monoisotopic (exact) mass is 387 g/mol. The maximum Gasteiger partial charge on any atom is 0.225 e. The molecule has 2 fully saturated rings. The van der Waals surface area contributed by atoms with Crippen molar-refractivity contribution >= 4 is 17.6 Å². The molecule has 28 heavy (non-hydrogen) atoms. The number of anilines is 1. The third kappa shape index (κ3) is 5.16. The van der Waals surface area contributed by atoms with E-state index >= 15 is 0 Å². The number of carbonyl (C=O) groups excluding carboxylic acids is 1. The number of carbonyl (C=O) groups is 1. The number of guanidine groups is 1. The van der Waals surface area contributed by atoms with Crippen LogP contribution < -0.4 is 15.5 Å². The van der Waals surface area contributed by atoms with Crippen LogP contribution in [-0.2, 0) is 16.1 Å². The van der Waals surface area contributed by atoms with Gasteiger partial charge in [0.05, 0.1) is 13.2 Å². The lowest BCUT2D eigenvalue weighted by atomic mass is 10.1. The van der Waals surface area contributed by atoms with Crippen molar-refractivity contribution in [1.82, 2.24) is 15.5 Å². The second-order valence-electron chi connectivity index (χ2n) is 7.72. The number of hydrogen-bond acceptors (Lipinski definition) is 4. The SMILES string of the molecule is CN=C(NCc1ccccc1N1CCOCC1)NC1CCN(C(=O)C(C)C)C1. The van der Waals surface area contributed by atoms with Gasteiger partial charge in [0.15, 0.2) is 5.96 Å². The molecule has 1 unspecified atom stereocenters. The number of benzene rings is 1. The molecule has 0 aromatic heterocycles. The van der Waals surface area contributed by atoms with Gasteiger partial charge in [0.1, 0.15) is 0 Å². The number of hydrogen-bond donors (Lipinski definition) is 2. The number of morpholine rings is 1. The standard InChI is InChI=1S/C21H33N5O2/c1-16(2)20(27)26-9-8-18(15-26)24-21(22-3)23-14-17-6-4-5-7-19(17)25-10-12-28-13-11-25/h4-7,16,18H,8-15H2,1-3H3,(H2,22,23,24). The quantitative estimate of drug-likeness (QED) is 0.591. The Morgan fingerprint density at radius 1 is 1.25 bits per heavy atom. The van der Waals surface area contributed by atoms with Crippen LogP contribution in [0.2, 0.25) is 0 Å². The first kappa shape index (κ1) is 20.5. The molecule has 1 aromatic carbocycles. The number of nitrogens with one attached hydrogen (secondary N) is 2. The van der Waals surface area contributed by atoms with Crippen LogP contribution in [0.1, 0.15) is 25.8 Å². The minimum absolute atomic E-state index is 0.0490. The summed E-state index contributed by atoms with van der Waals surface area (Å²) in [5.74, 6) is 1.06. The summed E-state index contributed by atoms with van der Waals surface area (Å²) in [5.41, 5.74) is 2.50. The van der Waals surface area contributed by atoms with E-state index in [1.165, 1.54) is 11.3 Å². The third-order valence-electron chi connectivity index (χ3n) is 5.35. The first-order chi connectivity index (χ1) is 13.6. The van der Waals surface area contributed by atoms with Crippen LogP contribution in [0.3, 0.4) is 0 Å². The van der Waals surface area contributed by atoms with Crippen LogP contribution in [0.15, 0.2) is 29.3 Å². The van der Waals surface area contributed by atoms with E-state index < -0.39 is 0 Å². The average Bonchev–Trinajstić information content (AvgIpc) is 3.19. The van der Waals surface area contributed by atoms with Gasteiger partial charge in [-0.1, -0.05) is 32.0 Å². The van der Waals surface area contributed by atoms with E-state index in [0.29, 0.717) is 6.54 Å². The maximum absolute atomic E-state index is 12.2. The molecule has 1 amide bonds. The number of aliphatic imine (C=N–C) groups is 1. The molecule has 0 spiro atoms. The fraction of sp³-hybridized carbons (Fsp3) is 0.619. The number of nitrogens with zero attached hydrogens (tertiary/aromatic N) is 3. The lowest BCUT2D eigenvalue weighted by Crippen LogP contribution is -2.45. The van der Waals surface area contributed by atoms with E-state index in [1.807, 2.05) is 18.7 Å². The molecule has 7 heteroatoms. The number of likely N-dealkylation sites (tertiary alicyclic amines) is 1. The van der Waals surface area contributed by atoms with E-state index in [4.69, 9.17) is 4.74 Å². The normalized spacial score (nSPS) is 20.6. The molecule has 2 saturated heterocycles. The molecule has 3 rings (SSSR count). The molecular weight excluding hydrogens is 354 g/mol. The second kappa shape index (κ2) is 9.78. The van der Waals surface area contributed by atoms with E-state index in [1.54, 1.807) is 7.05 Å². The van der Waals surface area contributed by atoms with Gasteiger partial charge in [0.25, 0.3) is 0 Å². The molecule has 0 bridgehead atoms. The molecule has 2 heterocycles. The van der Waals surface area contributed by atoms with Crippen molar-refractivity contribution < 1.29 is 9.53 Å². The van der Waals surface area contributed by atoms with Crippen molar-refractivity contribution in [2.75, 3.05) is 51.3 Å². The molecule has 7 nitrogen and oxygen atoms in total. The summed E-state index contributed by atoms with van der Waals surface area (Å²) in [4.78, 5) is 20.9. The molecule has 1 aromatic rings. The van der Waals surface area contributed by atoms with Gasteiger partial charge in [0, 0.05) is 57.4 Å². The largest absolute Gasteiger partial charge is 0.378 e. The summed E-state index contributed by atoms with van der Waals surface area (Å²) < 4.78 is 5.48. The zero-order chi connectivity index (χ0) is 19.9. The van der Waals surface area contributed by atoms with Crippen LogP contribution >= 0.6 is 0 Å². The Hall–Kier alpha value is -2.28. The topological polar surface area (TPSA) is 69.2 Å². The Morgan fingerprint density at radius 3 is 2.71 bits per heavy atom. The molecular formula is C21H33N5O2. The van der Waals surface area contributed by atoms with Gasteiger partial charge in [-0.25, -0.2) is 0 Å². The van der Waals surface area contributed by atoms with Gasteiger partial charge < -0.3 is 25.2 Å². The minimum atomic E-state index is 0.0490. The molecule has 0 saturated carbocycles. The lowest BCUT2D eigenvalue weighted by molar-refractivity contribution is -0.133. The predicted molar refractivity (Wildman–Crippen MR) is 113 cm³/mol. The highest BCUT2D eigenvalue weighted by molar-refractivity contribution is 5.81. The van der Waals surface area contributed by atoms with Gasteiger partial charge in [-0.2, -0.15) is 0 Å². The molecule has 0 radical (unpaired) electrons. The number of amides is 1. The van der Waals surface area contributed by atoms with Crippen LogP contribution in [0.5, 0.6) is 0 Å². The van der Waals surface area contributed by atoms with Crippen LogP contribution in [0.25, 0.3) is 0 Å². The Labute approximate surface area is 168 Å². The van der Waals surface area contributed by atoms with Crippen LogP contribution in [-0.4, -0.2) is 69.2 Å². The van der Waals surface area contributed by atoms with E-state index in [9.17, 15) is 4.79 Å². The molecule has 154 valence electrons. The Kier molecular flexibility index (Phi) is 7.14. The molecule has 2 N–H and O–H groups in total. The van der Waals surface area contributed by atoms with Crippen molar-refractivity contribution in [3.05, 3.63) is 29.8 Å². The van der Waals surface area contributed by atoms with Crippen molar-refractivity contribution in [2.45, 2.75) is 32.9 Å². The van der Waals surface area contributed by atoms with Crippen molar-refractivity contribution in [3.8, 4) is 0 Å². The van der Waals surface area contributed by atoms with Crippen LogP contribution in [0.4, 0.5) is 5.69 Å². The fourth-order valence-corrected chi connectivity index (χ4v) is 3.78. The van der Waals surface area contributed by atoms with Gasteiger partial charge in [-0.15, -0.1) is 0 Å². The maximum atomic E-state index is 12.2. The average molecular weight is 388 g/mol. The number of ether oxygens (including phenoxy) is 1. The summed E-state index contributed by atoms with van der Waals surface area (Å²) >= 11 is 0. The Balaban J connectivity index is 1.55. The highest BCUT2D eigenvalue weighted by Gasteiger charge is 2.28. The summed E-state index contributed by atoms with van der Waals surface area (Å²) in [6.45, 7) is 9.56. The number of rotatable bonds is 5. The minimum Gasteiger partial charge on any atom is -0.378 e. The van der Waals surface area contributed by atoms with Crippen LogP contribution in [0, 0.1) is 5.92 Å². The van der Waals surface area contributed by atoms with E-state index in [2.05, 4.69) is 44.8 Å². The highest BCUT2D eigenvalue weighted by Crippen LogP contribution is 2.21. The molecule has 1 atom stereocenters. The van der Waals surface area contributed by atoms with Gasteiger partial charge >= 0.3 is 0 Å². The Bertz CT molecular complexity index is 685. The predicted octanol–water partition coefficient (Wildman–Crippen LogP) is 1.45. The summed E-state index contributed by atoms with van der Waals surface area (Å²) in [6.07, 6.45) is 0.948. The third-order valence-corrected chi connectivity index (χ3v) is 5.35.